The Morgan fingerprint density at radius 3 is 2.73 bits per heavy atom. The van der Waals surface area contributed by atoms with E-state index in [0.29, 0.717) is 0 Å². The van der Waals surface area contributed by atoms with Gasteiger partial charge in [-0.05, 0) is 39.5 Å². The molecule has 11 heavy (non-hydrogen) atoms. The van der Waals surface area contributed by atoms with Gasteiger partial charge >= 0.3 is 0 Å². The van der Waals surface area contributed by atoms with Crippen molar-refractivity contribution in [1.82, 2.24) is 0 Å². The molecule has 0 nitrogen and oxygen atoms in total. The lowest BCUT2D eigenvalue weighted by molar-refractivity contribution is 1.77. The summed E-state index contributed by atoms with van der Waals surface area (Å²) in [6.45, 7) is 0. The van der Waals surface area contributed by atoms with E-state index in [0.717, 1.165) is 4.47 Å². The van der Waals surface area contributed by atoms with E-state index < -0.39 is 0 Å². The molecule has 0 radical (unpaired) electrons. The first kappa shape index (κ1) is 7.77. The summed E-state index contributed by atoms with van der Waals surface area (Å²) in [6.07, 6.45) is 0. The van der Waals surface area contributed by atoms with Gasteiger partial charge in [0.25, 0.3) is 0 Å². The van der Waals surface area contributed by atoms with Crippen LogP contribution in [0.5, 0.6) is 0 Å². The maximum atomic E-state index is 3.45. The second-order valence-electron chi connectivity index (χ2n) is 2.23. The van der Waals surface area contributed by atoms with Gasteiger partial charge in [0.05, 0.1) is 3.79 Å². The van der Waals surface area contributed by atoms with Crippen molar-refractivity contribution < 1.29 is 0 Å². The Kier molecular flexibility index (Phi) is 2.04. The van der Waals surface area contributed by atoms with Crippen LogP contribution in [0.3, 0.4) is 0 Å². The predicted molar refractivity (Wildman–Crippen MR) is 57.2 cm³/mol. The van der Waals surface area contributed by atoms with Gasteiger partial charge in [0.15, 0.2) is 0 Å². The monoisotopic (exact) mass is 290 g/mol. The third-order valence-electron chi connectivity index (χ3n) is 1.45. The van der Waals surface area contributed by atoms with Crippen molar-refractivity contribution in [3.05, 3.63) is 32.5 Å². The summed E-state index contributed by atoms with van der Waals surface area (Å²) in [5.41, 5.74) is 0. The molecule has 2 aromatic rings. The Hall–Kier alpha value is 0.140. The first-order valence-corrected chi connectivity index (χ1v) is 5.50. The molecule has 3 heteroatoms. The summed E-state index contributed by atoms with van der Waals surface area (Å²) in [4.78, 5) is 0. The molecule has 2 rings (SSSR count). The van der Waals surface area contributed by atoms with E-state index >= 15 is 0 Å². The minimum absolute atomic E-state index is 1.14. The van der Waals surface area contributed by atoms with E-state index in [-0.39, 0.29) is 0 Å². The van der Waals surface area contributed by atoms with Gasteiger partial charge in [0, 0.05) is 9.17 Å². The molecular formula is C8H4Br2S. The number of halogens is 2. The number of thiophene rings is 1. The summed E-state index contributed by atoms with van der Waals surface area (Å²) < 4.78 is 3.64. The zero-order valence-corrected chi connectivity index (χ0v) is 9.46. The fourth-order valence-electron chi connectivity index (χ4n) is 0.973. The number of hydrogen-bond donors (Lipinski definition) is 0. The van der Waals surface area contributed by atoms with E-state index in [1.165, 1.54) is 13.9 Å². The van der Waals surface area contributed by atoms with Crippen molar-refractivity contribution in [2.45, 2.75) is 0 Å². The van der Waals surface area contributed by atoms with Gasteiger partial charge in [0.1, 0.15) is 0 Å². The summed E-state index contributed by atoms with van der Waals surface area (Å²) in [6, 6.07) is 8.43. The molecule has 0 aliphatic carbocycles. The molecule has 0 fully saturated rings. The highest BCUT2D eigenvalue weighted by Gasteiger charge is 1.98. The topological polar surface area (TPSA) is 0 Å². The number of fused-ring (bicyclic) bond motifs is 1. The van der Waals surface area contributed by atoms with Crippen LogP contribution < -0.4 is 0 Å². The van der Waals surface area contributed by atoms with Crippen LogP contribution in [0.4, 0.5) is 0 Å². The maximum Gasteiger partial charge on any atom is 0.0711 e. The van der Waals surface area contributed by atoms with Crippen molar-refractivity contribution in [2.24, 2.45) is 0 Å². The zero-order valence-electron chi connectivity index (χ0n) is 5.47. The van der Waals surface area contributed by atoms with E-state index in [1.807, 2.05) is 0 Å². The Bertz CT molecular complexity index is 392. The normalized spacial score (nSPS) is 10.7. The number of hydrogen-bond acceptors (Lipinski definition) is 1. The molecule has 0 amide bonds. The minimum Gasteiger partial charge on any atom is -0.128 e. The average molecular weight is 292 g/mol. The van der Waals surface area contributed by atoms with Crippen molar-refractivity contribution in [2.75, 3.05) is 0 Å². The van der Waals surface area contributed by atoms with Gasteiger partial charge in [0.2, 0.25) is 0 Å². The lowest BCUT2D eigenvalue weighted by atomic mass is 10.3. The largest absolute Gasteiger partial charge is 0.128 e. The second-order valence-corrected chi connectivity index (χ2v) is 5.61. The van der Waals surface area contributed by atoms with Gasteiger partial charge in [-0.15, -0.1) is 11.3 Å². The van der Waals surface area contributed by atoms with Gasteiger partial charge in [-0.1, -0.05) is 22.0 Å². The lowest BCUT2D eigenvalue weighted by Crippen LogP contribution is -1.61. The lowest BCUT2D eigenvalue weighted by Gasteiger charge is -1.88. The highest BCUT2D eigenvalue weighted by atomic mass is 79.9. The van der Waals surface area contributed by atoms with Crippen molar-refractivity contribution in [1.29, 1.82) is 0 Å². The van der Waals surface area contributed by atoms with Crippen molar-refractivity contribution >= 4 is 53.3 Å². The van der Waals surface area contributed by atoms with E-state index in [1.54, 1.807) is 11.3 Å². The molecule has 1 heterocycles. The molecule has 0 saturated heterocycles. The minimum atomic E-state index is 1.14. The van der Waals surface area contributed by atoms with Crippen LogP contribution in [0.25, 0.3) is 10.1 Å². The molecule has 0 spiro atoms. The predicted octanol–water partition coefficient (Wildman–Crippen LogP) is 4.43. The van der Waals surface area contributed by atoms with Crippen LogP contribution in [0.1, 0.15) is 0 Å². The van der Waals surface area contributed by atoms with Crippen molar-refractivity contribution in [3.8, 4) is 0 Å². The third-order valence-corrected chi connectivity index (χ3v) is 3.55. The molecule has 0 aliphatic rings. The van der Waals surface area contributed by atoms with Crippen LogP contribution >= 0.6 is 43.2 Å². The van der Waals surface area contributed by atoms with Crippen LogP contribution in [0.2, 0.25) is 0 Å². The van der Waals surface area contributed by atoms with Crippen LogP contribution in [0, 0.1) is 0 Å². The van der Waals surface area contributed by atoms with E-state index in [2.05, 4.69) is 56.1 Å². The fraction of sp³-hybridized carbons (Fsp3) is 0. The molecule has 1 aromatic heterocycles. The molecule has 0 N–H and O–H groups in total. The standard InChI is InChI=1S/C8H4Br2S/c9-6-2-1-5-3-8(10)11-7(5)4-6/h1-4H. The third kappa shape index (κ3) is 1.50. The van der Waals surface area contributed by atoms with Crippen molar-refractivity contribution in [3.63, 3.8) is 0 Å². The highest BCUT2D eigenvalue weighted by molar-refractivity contribution is 9.11. The van der Waals surface area contributed by atoms with Crippen LogP contribution in [-0.4, -0.2) is 0 Å². The van der Waals surface area contributed by atoms with Crippen LogP contribution in [0.15, 0.2) is 32.5 Å². The zero-order chi connectivity index (χ0) is 7.84. The first-order chi connectivity index (χ1) is 5.25. The SMILES string of the molecule is Brc1ccc2cc(Br)sc2c1. The summed E-state index contributed by atoms with van der Waals surface area (Å²) in [5, 5.41) is 1.30. The molecule has 0 unspecified atom stereocenters. The maximum absolute atomic E-state index is 3.45. The average Bonchev–Trinajstić information content (AvgIpc) is 2.27. The molecule has 56 valence electrons. The second kappa shape index (κ2) is 2.88. The quantitative estimate of drug-likeness (QED) is 0.674. The highest BCUT2D eigenvalue weighted by Crippen LogP contribution is 2.31. The van der Waals surface area contributed by atoms with Crippen LogP contribution in [-0.2, 0) is 0 Å². The van der Waals surface area contributed by atoms with Gasteiger partial charge in [-0.3, -0.25) is 0 Å². The molecular weight excluding hydrogens is 288 g/mol. The Morgan fingerprint density at radius 2 is 1.91 bits per heavy atom. The smallest absolute Gasteiger partial charge is 0.0711 e. The number of rotatable bonds is 0. The summed E-state index contributed by atoms with van der Waals surface area (Å²) >= 11 is 8.64. The Morgan fingerprint density at radius 1 is 1.09 bits per heavy atom. The molecule has 0 saturated carbocycles. The van der Waals surface area contributed by atoms with E-state index in [4.69, 9.17) is 0 Å². The Labute approximate surface area is 85.5 Å². The molecule has 0 aliphatic heterocycles. The van der Waals surface area contributed by atoms with Gasteiger partial charge in [-0.25, -0.2) is 0 Å². The number of benzene rings is 1. The van der Waals surface area contributed by atoms with Gasteiger partial charge < -0.3 is 0 Å². The first-order valence-electron chi connectivity index (χ1n) is 3.10. The van der Waals surface area contributed by atoms with E-state index in [9.17, 15) is 0 Å². The Balaban J connectivity index is 2.82. The fourth-order valence-corrected chi connectivity index (χ4v) is 3.08. The molecule has 0 bridgehead atoms. The summed E-state index contributed by atoms with van der Waals surface area (Å²) in [5.74, 6) is 0. The summed E-state index contributed by atoms with van der Waals surface area (Å²) in [7, 11) is 0. The molecule has 0 atom stereocenters. The molecule has 1 aromatic carbocycles. The van der Waals surface area contributed by atoms with Gasteiger partial charge in [-0.2, -0.15) is 0 Å².